The maximum absolute atomic E-state index is 10.2. The van der Waals surface area contributed by atoms with Crippen LogP contribution >= 0.6 is 12.6 Å². The minimum atomic E-state index is -0.873. The lowest BCUT2D eigenvalue weighted by atomic mass is 10.1. The lowest BCUT2D eigenvalue weighted by molar-refractivity contribution is -0.0430. The van der Waals surface area contributed by atoms with E-state index >= 15 is 0 Å². The number of nitrogens with two attached hydrogens (primary N) is 1. The van der Waals surface area contributed by atoms with Crippen molar-refractivity contribution in [3.05, 3.63) is 12.2 Å². The van der Waals surface area contributed by atoms with Crippen LogP contribution in [0.15, 0.2) is 6.33 Å². The Labute approximate surface area is 164 Å². The van der Waals surface area contributed by atoms with E-state index in [2.05, 4.69) is 34.5 Å². The molecule has 3 heterocycles. The zero-order valence-electron chi connectivity index (χ0n) is 15.7. The van der Waals surface area contributed by atoms with Gasteiger partial charge < -0.3 is 20.7 Å². The molecule has 150 valence electrons. The fourth-order valence-electron chi connectivity index (χ4n) is 3.46. The van der Waals surface area contributed by atoms with Crippen LogP contribution in [0.3, 0.4) is 0 Å². The highest BCUT2D eigenvalue weighted by molar-refractivity contribution is 7.81. The normalized spacial score (nSPS) is 25.5. The van der Waals surface area contributed by atoms with E-state index in [1.165, 1.54) is 25.7 Å². The lowest BCUT2D eigenvalue weighted by Crippen LogP contribution is -2.30. The lowest BCUT2D eigenvalue weighted by Gasteiger charge is -2.17. The van der Waals surface area contributed by atoms with Crippen molar-refractivity contribution in [1.82, 2.24) is 19.5 Å². The van der Waals surface area contributed by atoms with Crippen LogP contribution in [0, 0.1) is 0 Å². The van der Waals surface area contributed by atoms with Crippen molar-refractivity contribution in [2.24, 2.45) is 0 Å². The molecule has 0 unspecified atom stereocenters. The van der Waals surface area contributed by atoms with Gasteiger partial charge in [0.25, 0.3) is 0 Å². The second-order valence-electron chi connectivity index (χ2n) is 7.10. The topological polar surface area (TPSA) is 119 Å². The molecular weight excluding hydrogens is 366 g/mol. The van der Waals surface area contributed by atoms with Gasteiger partial charge in [-0.3, -0.25) is 4.57 Å². The SMILES string of the molecule is CCCCCCCCc1nc(N)c2ncn([C@@H]3O[C@H](CO)[C@@H](O)[C@H]3S)c2n1. The molecule has 4 atom stereocenters. The third-order valence-electron chi connectivity index (χ3n) is 5.04. The minimum Gasteiger partial charge on any atom is -0.394 e. The van der Waals surface area contributed by atoms with Gasteiger partial charge in [-0.05, 0) is 6.42 Å². The number of nitrogen functional groups attached to an aromatic ring is 1. The van der Waals surface area contributed by atoms with Crippen molar-refractivity contribution in [2.75, 3.05) is 12.3 Å². The van der Waals surface area contributed by atoms with Crippen LogP contribution < -0.4 is 5.73 Å². The number of hydrogen-bond donors (Lipinski definition) is 4. The van der Waals surface area contributed by atoms with E-state index in [4.69, 9.17) is 10.5 Å². The van der Waals surface area contributed by atoms with Crippen LogP contribution in [-0.4, -0.2) is 53.8 Å². The predicted molar refractivity (Wildman–Crippen MR) is 107 cm³/mol. The van der Waals surface area contributed by atoms with E-state index in [0.29, 0.717) is 22.8 Å². The summed E-state index contributed by atoms with van der Waals surface area (Å²) < 4.78 is 7.47. The summed E-state index contributed by atoms with van der Waals surface area (Å²) in [5, 5.41) is 19.0. The van der Waals surface area contributed by atoms with Crippen molar-refractivity contribution in [3.8, 4) is 0 Å². The maximum Gasteiger partial charge on any atom is 0.167 e. The number of rotatable bonds is 9. The number of unbranched alkanes of at least 4 members (excludes halogenated alkanes) is 5. The number of hydrogen-bond acceptors (Lipinski definition) is 8. The predicted octanol–water partition coefficient (Wildman–Crippen LogP) is 1.86. The van der Waals surface area contributed by atoms with Crippen molar-refractivity contribution in [3.63, 3.8) is 0 Å². The van der Waals surface area contributed by atoms with Gasteiger partial charge >= 0.3 is 0 Å². The van der Waals surface area contributed by atoms with Gasteiger partial charge in [0.05, 0.1) is 24.3 Å². The summed E-state index contributed by atoms with van der Waals surface area (Å²) in [4.78, 5) is 13.3. The Morgan fingerprint density at radius 2 is 1.96 bits per heavy atom. The Morgan fingerprint density at radius 3 is 2.67 bits per heavy atom. The quantitative estimate of drug-likeness (QED) is 0.378. The van der Waals surface area contributed by atoms with Gasteiger partial charge in [-0.25, -0.2) is 15.0 Å². The van der Waals surface area contributed by atoms with E-state index < -0.39 is 23.7 Å². The Hall–Kier alpha value is -1.42. The third kappa shape index (κ3) is 4.37. The van der Waals surface area contributed by atoms with E-state index in [0.717, 1.165) is 19.3 Å². The summed E-state index contributed by atoms with van der Waals surface area (Å²) in [5.74, 6) is 1.03. The first-order valence-corrected chi connectivity index (χ1v) is 10.2. The van der Waals surface area contributed by atoms with Gasteiger partial charge in [0.2, 0.25) is 0 Å². The number of imidazole rings is 1. The molecule has 9 heteroatoms. The first-order chi connectivity index (χ1) is 13.1. The highest BCUT2D eigenvalue weighted by Crippen LogP contribution is 2.35. The van der Waals surface area contributed by atoms with E-state index in [1.54, 1.807) is 10.9 Å². The zero-order valence-corrected chi connectivity index (χ0v) is 16.6. The average Bonchev–Trinajstić information content (AvgIpc) is 3.20. The van der Waals surface area contributed by atoms with Gasteiger partial charge in [-0.2, -0.15) is 12.6 Å². The molecule has 1 aliphatic rings. The molecule has 2 aromatic rings. The fraction of sp³-hybridized carbons (Fsp3) is 0.722. The second kappa shape index (κ2) is 9.18. The molecule has 0 amide bonds. The number of aromatic nitrogens is 4. The molecule has 0 aliphatic carbocycles. The van der Waals surface area contributed by atoms with Crippen LogP contribution in [0.1, 0.15) is 57.5 Å². The number of aliphatic hydroxyl groups is 2. The average molecular weight is 396 g/mol. The summed E-state index contributed by atoms with van der Waals surface area (Å²) in [7, 11) is 0. The Bertz CT molecular complexity index is 756. The molecule has 4 N–H and O–H groups in total. The van der Waals surface area contributed by atoms with E-state index in [1.807, 2.05) is 0 Å². The summed E-state index contributed by atoms with van der Waals surface area (Å²) in [6.07, 6.45) is 7.37. The second-order valence-corrected chi connectivity index (χ2v) is 7.69. The maximum atomic E-state index is 10.2. The Kier molecular flexibility index (Phi) is 6.91. The van der Waals surface area contributed by atoms with Crippen LogP contribution in [0.2, 0.25) is 0 Å². The van der Waals surface area contributed by atoms with Gasteiger partial charge in [-0.1, -0.05) is 39.0 Å². The first kappa shape index (κ1) is 20.3. The number of aliphatic hydroxyl groups excluding tert-OH is 2. The molecule has 2 aromatic heterocycles. The van der Waals surface area contributed by atoms with Crippen LogP contribution in [-0.2, 0) is 11.2 Å². The standard InChI is InChI=1S/C18H29N5O3S/c1-2-3-4-5-6-7-8-12-21-16(19)13-17(22-12)23(10-20-13)18-15(27)14(25)11(9-24)26-18/h10-11,14-15,18,24-25,27H,2-9H2,1H3,(H2,19,21,22)/t11-,14-,15-,18-/m1/s1. The molecule has 0 radical (unpaired) electrons. The summed E-state index contributed by atoms with van der Waals surface area (Å²) in [6, 6.07) is 0. The Morgan fingerprint density at radius 1 is 1.22 bits per heavy atom. The highest BCUT2D eigenvalue weighted by Gasteiger charge is 2.43. The smallest absolute Gasteiger partial charge is 0.167 e. The minimum absolute atomic E-state index is 0.276. The number of ether oxygens (including phenoxy) is 1. The summed E-state index contributed by atoms with van der Waals surface area (Å²) in [5.41, 5.74) is 7.15. The largest absolute Gasteiger partial charge is 0.394 e. The van der Waals surface area contributed by atoms with Crippen LogP contribution in [0.5, 0.6) is 0 Å². The molecule has 8 nitrogen and oxygen atoms in total. The Balaban J connectivity index is 1.75. The molecule has 1 fully saturated rings. The first-order valence-electron chi connectivity index (χ1n) is 9.68. The molecular formula is C18H29N5O3S. The monoisotopic (exact) mass is 395 g/mol. The van der Waals surface area contributed by atoms with Crippen LogP contribution in [0.4, 0.5) is 5.82 Å². The molecule has 1 aliphatic heterocycles. The van der Waals surface area contributed by atoms with Crippen molar-refractivity contribution in [1.29, 1.82) is 0 Å². The van der Waals surface area contributed by atoms with Gasteiger partial charge in [0.15, 0.2) is 17.7 Å². The fourth-order valence-corrected chi connectivity index (χ4v) is 3.86. The number of fused-ring (bicyclic) bond motifs is 1. The van der Waals surface area contributed by atoms with Crippen LogP contribution in [0.25, 0.3) is 11.2 Å². The van der Waals surface area contributed by atoms with Gasteiger partial charge in [0.1, 0.15) is 17.4 Å². The zero-order chi connectivity index (χ0) is 19.4. The summed E-state index contributed by atoms with van der Waals surface area (Å²) >= 11 is 4.45. The van der Waals surface area contributed by atoms with Crippen molar-refractivity contribution >= 4 is 29.6 Å². The number of thiol groups is 1. The molecule has 0 spiro atoms. The molecule has 0 saturated carbocycles. The van der Waals surface area contributed by atoms with E-state index in [9.17, 15) is 10.2 Å². The van der Waals surface area contributed by atoms with Crippen molar-refractivity contribution < 1.29 is 14.9 Å². The number of anilines is 1. The number of aryl methyl sites for hydroxylation is 1. The van der Waals surface area contributed by atoms with E-state index in [-0.39, 0.29) is 6.61 Å². The summed E-state index contributed by atoms with van der Waals surface area (Å²) in [6.45, 7) is 1.93. The molecule has 0 bridgehead atoms. The third-order valence-corrected chi connectivity index (χ3v) is 5.60. The van der Waals surface area contributed by atoms with Crippen molar-refractivity contribution in [2.45, 2.75) is 75.6 Å². The molecule has 1 saturated heterocycles. The highest BCUT2D eigenvalue weighted by atomic mass is 32.1. The van der Waals surface area contributed by atoms with Gasteiger partial charge in [0, 0.05) is 6.42 Å². The molecule has 3 rings (SSSR count). The van der Waals surface area contributed by atoms with Gasteiger partial charge in [-0.15, -0.1) is 0 Å². The number of nitrogens with zero attached hydrogens (tertiary/aromatic N) is 4. The molecule has 27 heavy (non-hydrogen) atoms. The molecule has 0 aromatic carbocycles.